The first-order valence-electron chi connectivity index (χ1n) is 19.7. The molecule has 11 heteroatoms. The summed E-state index contributed by atoms with van der Waals surface area (Å²) in [7, 11) is 0. The average molecular weight is 708 g/mol. The molecular formula is C39H69N3O8. The number of allylic oxidation sites excluding steroid dienone is 1. The summed E-state index contributed by atoms with van der Waals surface area (Å²) < 4.78 is 11.1. The quantitative estimate of drug-likeness (QED) is 0.0290. The van der Waals surface area contributed by atoms with Gasteiger partial charge in [-0.15, -0.1) is 12.3 Å². The smallest absolute Gasteiger partial charge is 0.220 e. The lowest BCUT2D eigenvalue weighted by atomic mass is 9.98. The van der Waals surface area contributed by atoms with E-state index >= 15 is 0 Å². The van der Waals surface area contributed by atoms with Crippen molar-refractivity contribution < 1.29 is 39.8 Å². The lowest BCUT2D eigenvalue weighted by molar-refractivity contribution is -0.302. The molecular weight excluding hydrogens is 638 g/mol. The van der Waals surface area contributed by atoms with E-state index in [2.05, 4.69) is 28.4 Å². The highest BCUT2D eigenvalue weighted by molar-refractivity contribution is 5.76. The number of carbonyl (C=O) groups is 1. The van der Waals surface area contributed by atoms with Crippen LogP contribution in [0.4, 0.5) is 0 Å². The van der Waals surface area contributed by atoms with E-state index in [1.165, 1.54) is 57.8 Å². The molecule has 11 nitrogen and oxygen atoms in total. The Bertz CT molecular complexity index is 981. The Labute approximate surface area is 301 Å². The zero-order valence-corrected chi connectivity index (χ0v) is 30.8. The van der Waals surface area contributed by atoms with E-state index in [9.17, 15) is 30.3 Å². The van der Waals surface area contributed by atoms with Crippen LogP contribution in [0.25, 0.3) is 0 Å². The fraction of sp³-hybridized carbons (Fsp3) is 0.872. The van der Waals surface area contributed by atoms with Crippen molar-refractivity contribution in [2.45, 2.75) is 203 Å². The molecule has 0 radical (unpaired) electrons. The Hall–Kier alpha value is -1.91. The minimum atomic E-state index is -1.58. The topological polar surface area (TPSA) is 173 Å². The first kappa shape index (κ1) is 44.3. The minimum Gasteiger partial charge on any atom is -0.394 e. The fourth-order valence-corrected chi connectivity index (χ4v) is 6.47. The van der Waals surface area contributed by atoms with Crippen LogP contribution in [-0.4, -0.2) is 93.2 Å². The van der Waals surface area contributed by atoms with E-state index in [4.69, 9.17) is 15.9 Å². The van der Waals surface area contributed by atoms with Crippen LogP contribution in [0.15, 0.2) is 22.4 Å². The number of terminal acetylenes is 1. The first-order valence-corrected chi connectivity index (χ1v) is 19.7. The van der Waals surface area contributed by atoms with Gasteiger partial charge in [0.2, 0.25) is 5.91 Å². The van der Waals surface area contributed by atoms with Gasteiger partial charge in [-0.25, -0.2) is 0 Å². The molecule has 2 aliphatic rings. The molecule has 2 unspecified atom stereocenters. The maximum Gasteiger partial charge on any atom is 0.220 e. The van der Waals surface area contributed by atoms with Crippen molar-refractivity contribution >= 4 is 5.91 Å². The average Bonchev–Trinajstić information content (AvgIpc) is 3.89. The van der Waals surface area contributed by atoms with E-state index in [1.807, 2.05) is 6.08 Å². The molecule has 6 N–H and O–H groups in total. The van der Waals surface area contributed by atoms with Crippen LogP contribution in [0.2, 0.25) is 0 Å². The van der Waals surface area contributed by atoms with Crippen LogP contribution in [-0.2, 0) is 14.3 Å². The van der Waals surface area contributed by atoms with Crippen LogP contribution < -0.4 is 5.32 Å². The molecule has 1 amide bonds. The summed E-state index contributed by atoms with van der Waals surface area (Å²) in [5.74, 6) is 2.46. The standard InChI is InChI=1S/C39H69N3O8/c1-3-5-7-8-9-10-11-12-13-14-15-18-21-25-32(44)31(30-49-38-37(48)36(47)35(46)33(29-43)50-38)40-34(45)26-22-19-16-17-20-24-28-39(41-42-39)27-23-6-4-2/h2,21,25,31-33,35-38,43-44,46-48H,3,5-20,22-24,26-30H2,1H3,(H,40,45)/b25-21+/t31-,32+,33+,35-,36?,37?,38+/m0/s1. The molecule has 7 atom stereocenters. The predicted molar refractivity (Wildman–Crippen MR) is 195 cm³/mol. The van der Waals surface area contributed by atoms with Gasteiger partial charge in [0.05, 0.1) is 25.4 Å². The number of carbonyl (C=O) groups excluding carboxylic acids is 1. The summed E-state index contributed by atoms with van der Waals surface area (Å²) in [6, 6.07) is -0.824. The second kappa shape index (κ2) is 26.8. The van der Waals surface area contributed by atoms with Crippen molar-refractivity contribution in [2.75, 3.05) is 13.2 Å². The van der Waals surface area contributed by atoms with Gasteiger partial charge < -0.3 is 40.3 Å². The molecule has 1 saturated heterocycles. The Balaban J connectivity index is 1.72. The molecule has 288 valence electrons. The predicted octanol–water partition coefficient (Wildman–Crippen LogP) is 5.99. The number of unbranched alkanes of at least 4 members (excludes halogenated alkanes) is 17. The molecule has 0 aromatic heterocycles. The number of ether oxygens (including phenoxy) is 2. The van der Waals surface area contributed by atoms with E-state index in [-0.39, 0.29) is 18.2 Å². The van der Waals surface area contributed by atoms with Gasteiger partial charge in [0.15, 0.2) is 12.0 Å². The first-order chi connectivity index (χ1) is 24.3. The molecule has 2 heterocycles. The normalized spacial score (nSPS) is 23.9. The largest absolute Gasteiger partial charge is 0.394 e. The third kappa shape index (κ3) is 18.5. The number of hydrogen-bond donors (Lipinski definition) is 6. The van der Waals surface area contributed by atoms with Gasteiger partial charge in [0, 0.05) is 12.8 Å². The van der Waals surface area contributed by atoms with E-state index in [0.717, 1.165) is 83.5 Å². The van der Waals surface area contributed by atoms with Crippen molar-refractivity contribution in [1.29, 1.82) is 0 Å². The Morgan fingerprint density at radius 3 is 2.04 bits per heavy atom. The maximum absolute atomic E-state index is 12.9. The molecule has 1 fully saturated rings. The van der Waals surface area contributed by atoms with Crippen molar-refractivity contribution in [1.82, 2.24) is 5.32 Å². The molecule has 0 aromatic carbocycles. The summed E-state index contributed by atoms with van der Waals surface area (Å²) in [4.78, 5) is 12.9. The van der Waals surface area contributed by atoms with Gasteiger partial charge in [-0.2, -0.15) is 10.2 Å². The van der Waals surface area contributed by atoms with E-state index < -0.39 is 49.5 Å². The van der Waals surface area contributed by atoms with Crippen molar-refractivity contribution in [3.8, 4) is 12.3 Å². The Morgan fingerprint density at radius 2 is 1.44 bits per heavy atom. The molecule has 2 aliphatic heterocycles. The van der Waals surface area contributed by atoms with Crippen molar-refractivity contribution in [3.05, 3.63) is 12.2 Å². The van der Waals surface area contributed by atoms with Crippen molar-refractivity contribution in [3.63, 3.8) is 0 Å². The number of nitrogens with one attached hydrogen (secondary N) is 1. The zero-order valence-electron chi connectivity index (χ0n) is 30.8. The highest BCUT2D eigenvalue weighted by Gasteiger charge is 2.44. The zero-order chi connectivity index (χ0) is 36.5. The monoisotopic (exact) mass is 708 g/mol. The Morgan fingerprint density at radius 1 is 0.860 bits per heavy atom. The summed E-state index contributed by atoms with van der Waals surface area (Å²) in [5.41, 5.74) is -0.176. The SMILES string of the molecule is C#CCCCC1(CCCCCCCCC(=O)N[C@@H](CO[C@@H]2O[C@H](CO)[C@H](O)C(O)C2O)[C@H](O)/C=C/CCCCCCCCCCCCC)N=N1. The van der Waals surface area contributed by atoms with Crippen LogP contribution in [0, 0.1) is 12.3 Å². The minimum absolute atomic E-state index is 0.176. The van der Waals surface area contributed by atoms with Gasteiger partial charge in [-0.1, -0.05) is 109 Å². The molecule has 0 aromatic rings. The van der Waals surface area contributed by atoms with E-state index in [1.54, 1.807) is 6.08 Å². The molecule has 0 saturated carbocycles. The second-order valence-corrected chi connectivity index (χ2v) is 14.3. The van der Waals surface area contributed by atoms with Crippen LogP contribution >= 0.6 is 0 Å². The van der Waals surface area contributed by atoms with Gasteiger partial charge >= 0.3 is 0 Å². The maximum atomic E-state index is 12.9. The number of nitrogens with zero attached hydrogens (tertiary/aromatic N) is 2. The summed E-state index contributed by atoms with van der Waals surface area (Å²) in [5, 5.41) is 62.4. The molecule has 0 spiro atoms. The lowest BCUT2D eigenvalue weighted by Crippen LogP contribution is -2.60. The van der Waals surface area contributed by atoms with Crippen molar-refractivity contribution in [2.24, 2.45) is 10.2 Å². The molecule has 50 heavy (non-hydrogen) atoms. The number of amides is 1. The highest BCUT2D eigenvalue weighted by atomic mass is 16.7. The third-order valence-electron chi connectivity index (χ3n) is 9.87. The van der Waals surface area contributed by atoms with Gasteiger partial charge in [-0.3, -0.25) is 4.79 Å². The number of aliphatic hydroxyl groups excluding tert-OH is 5. The molecule has 0 bridgehead atoms. The summed E-state index contributed by atoms with van der Waals surface area (Å²) in [6.07, 6.45) is 25.4. The highest BCUT2D eigenvalue weighted by Crippen LogP contribution is 2.38. The Kier molecular flexibility index (Phi) is 23.7. The van der Waals surface area contributed by atoms with Gasteiger partial charge in [-0.05, 0) is 44.9 Å². The lowest BCUT2D eigenvalue weighted by Gasteiger charge is -2.40. The van der Waals surface area contributed by atoms with Gasteiger partial charge in [0.25, 0.3) is 0 Å². The number of aliphatic hydroxyl groups is 5. The third-order valence-corrected chi connectivity index (χ3v) is 9.87. The summed E-state index contributed by atoms with van der Waals surface area (Å²) in [6.45, 7) is 1.46. The van der Waals surface area contributed by atoms with Crippen LogP contribution in [0.3, 0.4) is 0 Å². The van der Waals surface area contributed by atoms with Gasteiger partial charge in [0.1, 0.15) is 24.4 Å². The number of hydrogen-bond acceptors (Lipinski definition) is 10. The molecule has 0 aliphatic carbocycles. The second-order valence-electron chi connectivity index (χ2n) is 14.3. The van der Waals surface area contributed by atoms with Crippen LogP contribution in [0.5, 0.6) is 0 Å². The summed E-state index contributed by atoms with van der Waals surface area (Å²) >= 11 is 0. The number of rotatable bonds is 31. The van der Waals surface area contributed by atoms with E-state index in [0.29, 0.717) is 6.42 Å². The fourth-order valence-electron chi connectivity index (χ4n) is 6.47. The molecule has 2 rings (SSSR count). The van der Waals surface area contributed by atoms with Crippen LogP contribution in [0.1, 0.15) is 155 Å².